The molecule has 0 unspecified atom stereocenters. The average Bonchev–Trinajstić information content (AvgIpc) is 3.87. The summed E-state index contributed by atoms with van der Waals surface area (Å²) in [5, 5.41) is 13.1. The van der Waals surface area contributed by atoms with Crippen molar-refractivity contribution in [2.45, 2.75) is 19.3 Å². The van der Waals surface area contributed by atoms with Crippen LogP contribution in [0.2, 0.25) is 0 Å². The van der Waals surface area contributed by atoms with Crippen LogP contribution in [0, 0.1) is 16.6 Å². The summed E-state index contributed by atoms with van der Waals surface area (Å²) < 4.78 is 15.1. The summed E-state index contributed by atoms with van der Waals surface area (Å²) in [5.41, 5.74) is 10.2. The van der Waals surface area contributed by atoms with E-state index >= 15 is 0 Å². The molecule has 3 aromatic heterocycles. The van der Waals surface area contributed by atoms with Gasteiger partial charge in [0.25, 0.3) is 0 Å². The Hall–Kier alpha value is -4.68. The zero-order valence-corrected chi connectivity index (χ0v) is 26.6. The molecule has 7 rings (SSSR count). The van der Waals surface area contributed by atoms with E-state index in [0.717, 1.165) is 68.0 Å². The molecule has 2 fully saturated rings. The molecule has 10 nitrogen and oxygen atoms in total. The molecule has 0 radical (unpaired) electrons. The minimum atomic E-state index is -0.467. The number of aryl methyl sites for hydroxylation is 1. The van der Waals surface area contributed by atoms with Crippen LogP contribution < -0.4 is 10.6 Å². The molecule has 236 valence electrons. The van der Waals surface area contributed by atoms with Gasteiger partial charge in [-0.3, -0.25) is 24.8 Å². The Bertz CT molecular complexity index is 1860. The summed E-state index contributed by atoms with van der Waals surface area (Å²) in [6.07, 6.45) is 7.64. The minimum absolute atomic E-state index is 0.0906. The minimum Gasteiger partial charge on any atom is -0.398 e. The van der Waals surface area contributed by atoms with Crippen LogP contribution in [-0.2, 0) is 11.8 Å². The van der Waals surface area contributed by atoms with Gasteiger partial charge in [-0.1, -0.05) is 12.7 Å². The zero-order chi connectivity index (χ0) is 32.0. The van der Waals surface area contributed by atoms with E-state index in [1.165, 1.54) is 22.6 Å². The molecule has 1 spiro atoms. The Labute approximate surface area is 271 Å². The fourth-order valence-electron chi connectivity index (χ4n) is 6.75. The van der Waals surface area contributed by atoms with E-state index in [4.69, 9.17) is 11.1 Å². The maximum absolute atomic E-state index is 13.9. The van der Waals surface area contributed by atoms with E-state index in [9.17, 15) is 9.18 Å². The number of nitrogens with zero attached hydrogens (tertiary/aromatic N) is 7. The summed E-state index contributed by atoms with van der Waals surface area (Å²) in [7, 11) is 1.88. The molecule has 2 saturated heterocycles. The van der Waals surface area contributed by atoms with Gasteiger partial charge in [-0.15, -0.1) is 11.3 Å². The molecule has 46 heavy (non-hydrogen) atoms. The van der Waals surface area contributed by atoms with E-state index in [-0.39, 0.29) is 11.6 Å². The third-order valence-electron chi connectivity index (χ3n) is 9.35. The van der Waals surface area contributed by atoms with Gasteiger partial charge in [0.15, 0.2) is 5.82 Å². The van der Waals surface area contributed by atoms with E-state index in [0.29, 0.717) is 35.7 Å². The molecule has 1 aromatic carbocycles. The maximum atomic E-state index is 13.9. The van der Waals surface area contributed by atoms with Crippen molar-refractivity contribution in [2.24, 2.45) is 12.5 Å². The largest absolute Gasteiger partial charge is 0.398 e. The third-order valence-corrected chi connectivity index (χ3v) is 10.5. The number of nitrogen functional groups attached to an aromatic ring is 1. The van der Waals surface area contributed by atoms with Crippen molar-refractivity contribution in [1.82, 2.24) is 29.5 Å². The Morgan fingerprint density at radius 3 is 2.67 bits per heavy atom. The summed E-state index contributed by atoms with van der Waals surface area (Å²) in [6, 6.07) is 12.3. The summed E-state index contributed by atoms with van der Waals surface area (Å²) in [4.78, 5) is 31.2. The summed E-state index contributed by atoms with van der Waals surface area (Å²) >= 11 is 1.73. The summed E-state index contributed by atoms with van der Waals surface area (Å²) in [5.74, 6) is 0.408. The second-order valence-electron chi connectivity index (χ2n) is 12.4. The third kappa shape index (κ3) is 5.62. The van der Waals surface area contributed by atoms with Crippen LogP contribution in [0.4, 0.5) is 15.8 Å². The molecule has 0 saturated carbocycles. The number of thiophene rings is 1. The highest BCUT2D eigenvalue weighted by Crippen LogP contribution is 2.43. The SMILES string of the molecule is C=C(CN1CC[C@]2(CCN(c3ccc(N)c(C(=N)c4ccc(F)cn4)c3)C2=O)C1)N1CC=C(c2ccc(-c3ncn(C)n3)s2)CC1. The molecule has 0 bridgehead atoms. The lowest BCUT2D eigenvalue weighted by atomic mass is 9.85. The topological polar surface area (TPSA) is 120 Å². The molecule has 1 atom stereocenters. The number of anilines is 2. The Balaban J connectivity index is 0.966. The quantitative estimate of drug-likeness (QED) is 0.210. The molecular weight excluding hydrogens is 602 g/mol. The highest BCUT2D eigenvalue weighted by atomic mass is 32.1. The number of pyridine rings is 1. The summed E-state index contributed by atoms with van der Waals surface area (Å²) in [6.45, 7) is 9.06. The van der Waals surface area contributed by atoms with Crippen molar-refractivity contribution in [2.75, 3.05) is 49.9 Å². The number of hydrogen-bond donors (Lipinski definition) is 2. The van der Waals surface area contributed by atoms with Gasteiger partial charge in [-0.2, -0.15) is 5.10 Å². The van der Waals surface area contributed by atoms with Crippen LogP contribution in [0.25, 0.3) is 16.3 Å². The first kappa shape index (κ1) is 30.0. The number of nitrogens with one attached hydrogen (secondary N) is 1. The Morgan fingerprint density at radius 1 is 1.11 bits per heavy atom. The number of aromatic nitrogens is 4. The number of halogens is 1. The van der Waals surface area contributed by atoms with Crippen LogP contribution in [0.1, 0.15) is 35.4 Å². The fraction of sp³-hybridized carbons (Fsp3) is 0.324. The van der Waals surface area contributed by atoms with Gasteiger partial charge < -0.3 is 15.5 Å². The lowest BCUT2D eigenvalue weighted by molar-refractivity contribution is -0.125. The zero-order valence-electron chi connectivity index (χ0n) is 25.7. The van der Waals surface area contributed by atoms with Crippen LogP contribution in [0.5, 0.6) is 0 Å². The Kier molecular flexibility index (Phi) is 7.77. The van der Waals surface area contributed by atoms with E-state index in [1.807, 2.05) is 18.0 Å². The van der Waals surface area contributed by atoms with Gasteiger partial charge in [0, 0.05) is 67.3 Å². The Morgan fingerprint density at radius 2 is 1.93 bits per heavy atom. The molecule has 3 aliphatic heterocycles. The first-order chi connectivity index (χ1) is 22.2. The molecule has 0 aliphatic carbocycles. The second kappa shape index (κ2) is 11.9. The standard InChI is InChI=1S/C34H36FN9OS/c1-22(43-13-9-23(10-14-43)29-7-8-30(46-29)32-39-21-41(2)40-32)19-42-15-11-34(20-42)12-16-44(33(34)45)25-4-5-27(36)26(17-25)31(37)28-6-3-24(35)18-38-28/h3-9,17-18,21,37H,1,10-16,19-20,36H2,2H3/t34-/m0/s1. The number of nitrogens with two attached hydrogens (primary N) is 1. The predicted octanol–water partition coefficient (Wildman–Crippen LogP) is 4.81. The van der Waals surface area contributed by atoms with Crippen molar-refractivity contribution in [1.29, 1.82) is 5.41 Å². The van der Waals surface area contributed by atoms with Crippen LogP contribution in [-0.4, -0.2) is 80.4 Å². The van der Waals surface area contributed by atoms with Crippen LogP contribution in [0.15, 0.2) is 73.3 Å². The number of rotatable bonds is 8. The number of carbonyl (C=O) groups is 1. The van der Waals surface area contributed by atoms with Gasteiger partial charge in [-0.25, -0.2) is 9.37 Å². The molecular formula is C34H36FN9OS. The monoisotopic (exact) mass is 637 g/mol. The van der Waals surface area contributed by atoms with Gasteiger partial charge in [-0.05, 0) is 73.8 Å². The van der Waals surface area contributed by atoms with Gasteiger partial charge >= 0.3 is 0 Å². The lowest BCUT2D eigenvalue weighted by Crippen LogP contribution is -2.38. The number of likely N-dealkylation sites (tertiary alicyclic amines) is 1. The highest BCUT2D eigenvalue weighted by Gasteiger charge is 2.51. The van der Waals surface area contributed by atoms with Crippen molar-refractivity contribution in [3.8, 4) is 10.7 Å². The molecule has 3 aliphatic rings. The van der Waals surface area contributed by atoms with Crippen molar-refractivity contribution in [3.05, 3.63) is 95.3 Å². The molecule has 4 aromatic rings. The van der Waals surface area contributed by atoms with Gasteiger partial charge in [0.05, 0.1) is 27.9 Å². The number of carbonyl (C=O) groups excluding carboxylic acids is 1. The van der Waals surface area contributed by atoms with Crippen molar-refractivity contribution >= 4 is 39.9 Å². The van der Waals surface area contributed by atoms with Gasteiger partial charge in [0.1, 0.15) is 12.1 Å². The fourth-order valence-corrected chi connectivity index (χ4v) is 7.76. The van der Waals surface area contributed by atoms with Crippen molar-refractivity contribution < 1.29 is 9.18 Å². The smallest absolute Gasteiger partial charge is 0.234 e. The van der Waals surface area contributed by atoms with Crippen molar-refractivity contribution in [3.63, 3.8) is 0 Å². The molecule has 12 heteroatoms. The van der Waals surface area contributed by atoms with E-state index in [2.05, 4.69) is 49.7 Å². The molecule has 1 amide bonds. The predicted molar refractivity (Wildman–Crippen MR) is 179 cm³/mol. The maximum Gasteiger partial charge on any atom is 0.234 e. The highest BCUT2D eigenvalue weighted by molar-refractivity contribution is 7.16. The van der Waals surface area contributed by atoms with Crippen LogP contribution in [0.3, 0.4) is 0 Å². The van der Waals surface area contributed by atoms with Gasteiger partial charge in [0.2, 0.25) is 5.91 Å². The lowest BCUT2D eigenvalue weighted by Gasteiger charge is -2.32. The second-order valence-corrected chi connectivity index (χ2v) is 13.4. The normalized spacial score (nSPS) is 20.1. The number of amides is 1. The number of benzene rings is 1. The molecule has 3 N–H and O–H groups in total. The number of hydrogen-bond acceptors (Lipinski definition) is 9. The first-order valence-corrected chi connectivity index (χ1v) is 16.2. The van der Waals surface area contributed by atoms with Crippen LogP contribution >= 0.6 is 11.3 Å². The molecule has 6 heterocycles. The first-order valence-electron chi connectivity index (χ1n) is 15.4. The van der Waals surface area contributed by atoms with E-state index in [1.54, 1.807) is 34.5 Å². The van der Waals surface area contributed by atoms with E-state index < -0.39 is 11.2 Å². The average molecular weight is 638 g/mol.